The number of nitrogens with zero attached hydrogens (tertiary/aromatic N) is 1. The number of hydrogen-bond acceptors (Lipinski definition) is 4. The molecule has 5 heteroatoms. The maximum Gasteiger partial charge on any atom is 0.337 e. The van der Waals surface area contributed by atoms with E-state index >= 15 is 0 Å². The van der Waals surface area contributed by atoms with Crippen LogP contribution in [0.1, 0.15) is 16.8 Å². The molecule has 0 aromatic heterocycles. The van der Waals surface area contributed by atoms with E-state index < -0.39 is 5.97 Å². The van der Waals surface area contributed by atoms with Gasteiger partial charge < -0.3 is 4.74 Å². The third kappa shape index (κ3) is 1.62. The predicted molar refractivity (Wildman–Crippen MR) is 85.0 cm³/mol. The van der Waals surface area contributed by atoms with Crippen LogP contribution >= 0.6 is 0 Å². The normalized spacial score (nSPS) is 38.1. The lowest BCUT2D eigenvalue weighted by Crippen LogP contribution is -2.40. The molecule has 2 saturated carbocycles. The van der Waals surface area contributed by atoms with Crippen LogP contribution in [0, 0.1) is 35.5 Å². The highest BCUT2D eigenvalue weighted by atomic mass is 16.5. The Balaban J connectivity index is 1.49. The van der Waals surface area contributed by atoms with E-state index in [1.165, 1.54) is 12.0 Å². The number of anilines is 1. The summed E-state index contributed by atoms with van der Waals surface area (Å²) in [7, 11) is 1.32. The molecule has 0 unspecified atom stereocenters. The minimum Gasteiger partial charge on any atom is -0.465 e. The van der Waals surface area contributed by atoms with E-state index in [1.807, 2.05) is 0 Å². The van der Waals surface area contributed by atoms with E-state index in [-0.39, 0.29) is 35.5 Å². The van der Waals surface area contributed by atoms with Gasteiger partial charge in [-0.25, -0.2) is 4.79 Å². The Morgan fingerprint density at radius 2 is 1.54 bits per heavy atom. The number of ether oxygens (including phenoxy) is 1. The molecule has 0 N–H and O–H groups in total. The standard InChI is InChI=1S/C19H17NO4/c1-24-19(23)9-2-4-10(5-3-9)20-17(21)15-11-6-7-12(14-8-13(11)14)16(15)18(20)22/h2-7,11-16H,8H2,1H3/t11-,12-,13-,14-,15-,16+/m1/s1. The van der Waals surface area contributed by atoms with E-state index in [9.17, 15) is 14.4 Å². The second-order valence-electron chi connectivity index (χ2n) is 7.20. The highest BCUT2D eigenvalue weighted by Crippen LogP contribution is 2.65. The van der Waals surface area contributed by atoms with Crippen LogP contribution in [-0.2, 0) is 14.3 Å². The van der Waals surface area contributed by atoms with Gasteiger partial charge in [-0.2, -0.15) is 0 Å². The van der Waals surface area contributed by atoms with Gasteiger partial charge in [0.2, 0.25) is 11.8 Å². The van der Waals surface area contributed by atoms with E-state index in [1.54, 1.807) is 24.3 Å². The Bertz CT molecular complexity index is 760. The van der Waals surface area contributed by atoms with Gasteiger partial charge in [-0.15, -0.1) is 0 Å². The number of allylic oxidation sites excluding steroid dienone is 2. The van der Waals surface area contributed by atoms with Crippen molar-refractivity contribution in [2.45, 2.75) is 6.42 Å². The molecule has 2 bridgehead atoms. The molecule has 4 aliphatic carbocycles. The highest BCUT2D eigenvalue weighted by molar-refractivity contribution is 6.22. The predicted octanol–water partition coefficient (Wildman–Crippen LogP) is 2.03. The Morgan fingerprint density at radius 1 is 1.00 bits per heavy atom. The molecule has 5 aliphatic rings. The molecule has 0 spiro atoms. The monoisotopic (exact) mass is 323 g/mol. The van der Waals surface area contributed by atoms with Crippen molar-refractivity contribution in [2.24, 2.45) is 35.5 Å². The van der Waals surface area contributed by atoms with Crippen molar-refractivity contribution in [2.75, 3.05) is 12.0 Å². The number of amides is 2. The first kappa shape index (κ1) is 14.0. The largest absolute Gasteiger partial charge is 0.465 e. The first-order valence-electron chi connectivity index (χ1n) is 8.36. The van der Waals surface area contributed by atoms with Crippen LogP contribution in [0.3, 0.4) is 0 Å². The van der Waals surface area contributed by atoms with Gasteiger partial charge >= 0.3 is 5.97 Å². The lowest BCUT2D eigenvalue weighted by molar-refractivity contribution is -0.124. The Labute approximate surface area is 139 Å². The minimum atomic E-state index is -0.434. The topological polar surface area (TPSA) is 63.7 Å². The molecule has 1 aliphatic heterocycles. The number of carbonyl (C=O) groups excluding carboxylic acids is 3. The fourth-order valence-electron chi connectivity index (χ4n) is 5.08. The number of hydrogen-bond donors (Lipinski definition) is 0. The van der Waals surface area contributed by atoms with Crippen LogP contribution in [0.2, 0.25) is 0 Å². The molecule has 3 fully saturated rings. The van der Waals surface area contributed by atoms with Gasteiger partial charge in [-0.05, 0) is 54.4 Å². The highest BCUT2D eigenvalue weighted by Gasteiger charge is 2.67. The van der Waals surface area contributed by atoms with Crippen molar-refractivity contribution in [1.82, 2.24) is 0 Å². The third-order valence-electron chi connectivity index (χ3n) is 6.21. The van der Waals surface area contributed by atoms with Crippen LogP contribution < -0.4 is 4.90 Å². The van der Waals surface area contributed by atoms with E-state index in [0.29, 0.717) is 23.1 Å². The Morgan fingerprint density at radius 3 is 2.04 bits per heavy atom. The van der Waals surface area contributed by atoms with Crippen LogP contribution in [0.25, 0.3) is 0 Å². The minimum absolute atomic E-state index is 0.0829. The molecule has 1 heterocycles. The molecular formula is C19H17NO4. The number of esters is 1. The van der Waals surface area contributed by atoms with Crippen LogP contribution in [-0.4, -0.2) is 24.9 Å². The molecule has 6 atom stereocenters. The summed E-state index contributed by atoms with van der Waals surface area (Å²) in [5.74, 6) is 0.645. The van der Waals surface area contributed by atoms with Gasteiger partial charge in [0.25, 0.3) is 0 Å². The number of rotatable bonds is 2. The molecule has 122 valence electrons. The van der Waals surface area contributed by atoms with Gasteiger partial charge in [0, 0.05) is 0 Å². The first-order chi connectivity index (χ1) is 11.6. The van der Waals surface area contributed by atoms with Crippen molar-refractivity contribution in [1.29, 1.82) is 0 Å². The number of methoxy groups -OCH3 is 1. The molecule has 1 aromatic carbocycles. The van der Waals surface area contributed by atoms with Crippen molar-refractivity contribution >= 4 is 23.5 Å². The van der Waals surface area contributed by atoms with Gasteiger partial charge in [0.1, 0.15) is 0 Å². The van der Waals surface area contributed by atoms with Crippen LogP contribution in [0.4, 0.5) is 5.69 Å². The zero-order chi connectivity index (χ0) is 16.6. The Hall–Kier alpha value is -2.43. The summed E-state index contributed by atoms with van der Waals surface area (Å²) in [6, 6.07) is 6.48. The first-order valence-corrected chi connectivity index (χ1v) is 8.36. The second-order valence-corrected chi connectivity index (χ2v) is 7.20. The Kier molecular flexibility index (Phi) is 2.65. The summed E-state index contributed by atoms with van der Waals surface area (Å²) >= 11 is 0. The van der Waals surface area contributed by atoms with Crippen LogP contribution in [0.15, 0.2) is 36.4 Å². The lowest BCUT2D eigenvalue weighted by atomic mass is 9.63. The summed E-state index contributed by atoms with van der Waals surface area (Å²) in [6.07, 6.45) is 5.48. The van der Waals surface area contributed by atoms with Gasteiger partial charge in [0.15, 0.2) is 0 Å². The van der Waals surface area contributed by atoms with E-state index in [0.717, 1.165) is 6.42 Å². The van der Waals surface area contributed by atoms with Crippen LogP contribution in [0.5, 0.6) is 0 Å². The fourth-order valence-corrected chi connectivity index (χ4v) is 5.08. The average Bonchev–Trinajstić information content (AvgIpc) is 3.39. The van der Waals surface area contributed by atoms with Gasteiger partial charge in [0.05, 0.1) is 30.2 Å². The smallest absolute Gasteiger partial charge is 0.337 e. The van der Waals surface area contributed by atoms with Crippen molar-refractivity contribution in [3.8, 4) is 0 Å². The van der Waals surface area contributed by atoms with Crippen molar-refractivity contribution in [3.63, 3.8) is 0 Å². The summed E-state index contributed by atoms with van der Waals surface area (Å²) < 4.78 is 4.68. The number of benzene rings is 1. The van der Waals surface area contributed by atoms with Gasteiger partial charge in [-0.1, -0.05) is 12.2 Å². The summed E-state index contributed by atoms with van der Waals surface area (Å²) in [4.78, 5) is 38.8. The molecule has 0 radical (unpaired) electrons. The molecule has 5 nitrogen and oxygen atoms in total. The summed E-state index contributed by atoms with van der Waals surface area (Å²) in [5, 5.41) is 0. The maximum atomic E-state index is 13.0. The molecule has 24 heavy (non-hydrogen) atoms. The lowest BCUT2D eigenvalue weighted by Gasteiger charge is -2.37. The summed E-state index contributed by atoms with van der Waals surface area (Å²) in [5.41, 5.74) is 0.945. The van der Waals surface area contributed by atoms with Crippen molar-refractivity contribution < 1.29 is 19.1 Å². The fraction of sp³-hybridized carbons (Fsp3) is 0.421. The second kappa shape index (κ2) is 4.56. The molecular weight excluding hydrogens is 306 g/mol. The molecule has 2 amide bonds. The van der Waals surface area contributed by atoms with E-state index in [2.05, 4.69) is 16.9 Å². The molecule has 6 rings (SSSR count). The van der Waals surface area contributed by atoms with Crippen molar-refractivity contribution in [3.05, 3.63) is 42.0 Å². The van der Waals surface area contributed by atoms with E-state index in [4.69, 9.17) is 0 Å². The third-order valence-corrected chi connectivity index (χ3v) is 6.21. The SMILES string of the molecule is COC(=O)c1ccc(N2C(=O)[C@@H]3[C@@H]4C=C[C@H]([C@H]5C[C@H]45)[C@@H]3C2=O)cc1. The quantitative estimate of drug-likeness (QED) is 0.475. The number of imide groups is 1. The zero-order valence-corrected chi connectivity index (χ0v) is 13.2. The zero-order valence-electron chi connectivity index (χ0n) is 13.2. The maximum absolute atomic E-state index is 13.0. The number of carbonyl (C=O) groups is 3. The summed E-state index contributed by atoms with van der Waals surface area (Å²) in [6.45, 7) is 0. The molecule has 1 aromatic rings. The average molecular weight is 323 g/mol. The van der Waals surface area contributed by atoms with Gasteiger partial charge in [-0.3, -0.25) is 14.5 Å². The molecule has 1 saturated heterocycles.